The number of rotatable bonds is 6. The first-order chi connectivity index (χ1) is 9.29. The Labute approximate surface area is 116 Å². The summed E-state index contributed by atoms with van der Waals surface area (Å²) in [5.74, 6) is -0.391. The standard InChI is InChI=1S/C12H19N3O3S/c1-17-11(16)10-9-19-12(14-10)13-3-2-4-15-5-7-18-8-6-15/h9H,2-8H2,1H3,(H,13,14). The molecule has 1 aromatic heterocycles. The number of nitrogens with one attached hydrogen (secondary N) is 1. The van der Waals surface area contributed by atoms with Crippen LogP contribution in [0.5, 0.6) is 0 Å². The minimum atomic E-state index is -0.391. The Kier molecular flexibility index (Phi) is 5.56. The van der Waals surface area contributed by atoms with Crippen LogP contribution in [0.15, 0.2) is 5.38 Å². The van der Waals surface area contributed by atoms with E-state index in [1.807, 2.05) is 0 Å². The lowest BCUT2D eigenvalue weighted by Gasteiger charge is -2.26. The molecule has 6 nitrogen and oxygen atoms in total. The fraction of sp³-hybridized carbons (Fsp3) is 0.667. The van der Waals surface area contributed by atoms with Gasteiger partial charge >= 0.3 is 5.97 Å². The minimum Gasteiger partial charge on any atom is -0.464 e. The highest BCUT2D eigenvalue weighted by Gasteiger charge is 2.11. The summed E-state index contributed by atoms with van der Waals surface area (Å²) in [7, 11) is 1.36. The van der Waals surface area contributed by atoms with Gasteiger partial charge in [-0.25, -0.2) is 9.78 Å². The summed E-state index contributed by atoms with van der Waals surface area (Å²) in [5.41, 5.74) is 0.364. The summed E-state index contributed by atoms with van der Waals surface area (Å²) in [4.78, 5) is 17.8. The zero-order valence-corrected chi connectivity index (χ0v) is 11.9. The third-order valence-electron chi connectivity index (χ3n) is 2.93. The van der Waals surface area contributed by atoms with Crippen molar-refractivity contribution in [2.75, 3.05) is 51.8 Å². The lowest BCUT2D eigenvalue weighted by Crippen LogP contribution is -2.37. The smallest absolute Gasteiger partial charge is 0.357 e. The molecular weight excluding hydrogens is 266 g/mol. The second kappa shape index (κ2) is 7.42. The quantitative estimate of drug-likeness (QED) is 0.623. The second-order valence-corrected chi connectivity index (χ2v) is 5.12. The van der Waals surface area contributed by atoms with Gasteiger partial charge in [0.1, 0.15) is 0 Å². The number of thiazole rings is 1. The molecule has 7 heteroatoms. The van der Waals surface area contributed by atoms with Crippen molar-refractivity contribution < 1.29 is 14.3 Å². The summed E-state index contributed by atoms with van der Waals surface area (Å²) < 4.78 is 9.92. The maximum Gasteiger partial charge on any atom is 0.357 e. The Morgan fingerprint density at radius 2 is 2.37 bits per heavy atom. The summed E-state index contributed by atoms with van der Waals surface area (Å²) in [6, 6.07) is 0. The molecule has 2 rings (SSSR count). The monoisotopic (exact) mass is 285 g/mol. The first kappa shape index (κ1) is 14.2. The van der Waals surface area contributed by atoms with Gasteiger partial charge in [0.15, 0.2) is 10.8 Å². The highest BCUT2D eigenvalue weighted by Crippen LogP contribution is 2.15. The van der Waals surface area contributed by atoms with E-state index in [4.69, 9.17) is 4.74 Å². The van der Waals surface area contributed by atoms with Gasteiger partial charge in [0.25, 0.3) is 0 Å². The average molecular weight is 285 g/mol. The number of ether oxygens (including phenoxy) is 2. The molecule has 0 radical (unpaired) electrons. The molecular formula is C12H19N3O3S. The van der Waals surface area contributed by atoms with Crippen LogP contribution in [0.4, 0.5) is 5.13 Å². The van der Waals surface area contributed by atoms with Crippen LogP contribution < -0.4 is 5.32 Å². The van der Waals surface area contributed by atoms with Gasteiger partial charge in [-0.15, -0.1) is 11.3 Å². The molecule has 2 heterocycles. The number of hydrogen-bond acceptors (Lipinski definition) is 7. The first-order valence-electron chi connectivity index (χ1n) is 6.37. The van der Waals surface area contributed by atoms with Crippen LogP contribution in [0.25, 0.3) is 0 Å². The molecule has 0 aromatic carbocycles. The molecule has 19 heavy (non-hydrogen) atoms. The van der Waals surface area contributed by atoms with E-state index < -0.39 is 5.97 Å². The number of methoxy groups -OCH3 is 1. The summed E-state index contributed by atoms with van der Waals surface area (Å²) >= 11 is 1.42. The predicted molar refractivity (Wildman–Crippen MR) is 73.8 cm³/mol. The first-order valence-corrected chi connectivity index (χ1v) is 7.25. The lowest BCUT2D eigenvalue weighted by molar-refractivity contribution is 0.0378. The molecule has 1 fully saturated rings. The van der Waals surface area contributed by atoms with Crippen molar-refractivity contribution in [3.05, 3.63) is 11.1 Å². The number of carbonyl (C=O) groups is 1. The Hall–Kier alpha value is -1.18. The minimum absolute atomic E-state index is 0.364. The van der Waals surface area contributed by atoms with Gasteiger partial charge in [0.05, 0.1) is 20.3 Å². The number of morpholine rings is 1. The highest BCUT2D eigenvalue weighted by atomic mass is 32.1. The van der Waals surface area contributed by atoms with E-state index >= 15 is 0 Å². The zero-order valence-electron chi connectivity index (χ0n) is 11.1. The Balaban J connectivity index is 1.65. The maximum atomic E-state index is 11.2. The zero-order chi connectivity index (χ0) is 13.5. The van der Waals surface area contributed by atoms with Crippen molar-refractivity contribution in [1.29, 1.82) is 0 Å². The number of aromatic nitrogens is 1. The third kappa shape index (κ3) is 4.45. The van der Waals surface area contributed by atoms with Gasteiger partial charge < -0.3 is 14.8 Å². The highest BCUT2D eigenvalue weighted by molar-refractivity contribution is 7.13. The van der Waals surface area contributed by atoms with Gasteiger partial charge in [0, 0.05) is 25.0 Å². The molecule has 0 aliphatic carbocycles. The largest absolute Gasteiger partial charge is 0.464 e. The molecule has 0 unspecified atom stereocenters. The van der Waals surface area contributed by atoms with Crippen molar-refractivity contribution in [2.24, 2.45) is 0 Å². The fourth-order valence-corrected chi connectivity index (χ4v) is 2.58. The van der Waals surface area contributed by atoms with E-state index in [9.17, 15) is 4.79 Å². The predicted octanol–water partition coefficient (Wildman–Crippen LogP) is 1.06. The number of nitrogens with zero attached hydrogens (tertiary/aromatic N) is 2. The molecule has 0 bridgehead atoms. The molecule has 0 amide bonds. The van der Waals surface area contributed by atoms with Crippen LogP contribution in [0.3, 0.4) is 0 Å². The van der Waals surface area contributed by atoms with Crippen LogP contribution in [-0.4, -0.2) is 62.4 Å². The second-order valence-electron chi connectivity index (χ2n) is 4.26. The lowest BCUT2D eigenvalue weighted by atomic mass is 10.3. The maximum absolute atomic E-state index is 11.2. The molecule has 106 valence electrons. The number of anilines is 1. The number of carbonyl (C=O) groups excluding carboxylic acids is 1. The third-order valence-corrected chi connectivity index (χ3v) is 3.73. The number of hydrogen-bond donors (Lipinski definition) is 1. The van der Waals surface area contributed by atoms with Crippen LogP contribution >= 0.6 is 11.3 Å². The summed E-state index contributed by atoms with van der Waals surface area (Å²) in [6.07, 6.45) is 1.05. The molecule has 1 aliphatic rings. The van der Waals surface area contributed by atoms with Gasteiger partial charge in [0.2, 0.25) is 0 Å². The van der Waals surface area contributed by atoms with E-state index in [-0.39, 0.29) is 0 Å². The molecule has 0 saturated carbocycles. The van der Waals surface area contributed by atoms with Crippen molar-refractivity contribution in [1.82, 2.24) is 9.88 Å². The van der Waals surface area contributed by atoms with E-state index in [0.717, 1.165) is 50.9 Å². The Morgan fingerprint density at radius 1 is 1.58 bits per heavy atom. The normalized spacial score (nSPS) is 16.3. The van der Waals surface area contributed by atoms with Gasteiger partial charge in [-0.1, -0.05) is 0 Å². The SMILES string of the molecule is COC(=O)c1csc(NCCCN2CCOCC2)n1. The molecule has 1 aliphatic heterocycles. The topological polar surface area (TPSA) is 63.7 Å². The van der Waals surface area contributed by atoms with Crippen molar-refractivity contribution in [3.63, 3.8) is 0 Å². The van der Waals surface area contributed by atoms with E-state index in [0.29, 0.717) is 5.69 Å². The van der Waals surface area contributed by atoms with Gasteiger partial charge in [-0.3, -0.25) is 4.90 Å². The van der Waals surface area contributed by atoms with Gasteiger partial charge in [-0.05, 0) is 13.0 Å². The van der Waals surface area contributed by atoms with Crippen molar-refractivity contribution >= 4 is 22.4 Å². The van der Waals surface area contributed by atoms with Crippen molar-refractivity contribution in [2.45, 2.75) is 6.42 Å². The molecule has 1 N–H and O–H groups in total. The molecule has 1 saturated heterocycles. The van der Waals surface area contributed by atoms with Crippen LogP contribution in [0.2, 0.25) is 0 Å². The summed E-state index contributed by atoms with van der Waals surface area (Å²) in [5, 5.41) is 5.70. The van der Waals surface area contributed by atoms with E-state index in [2.05, 4.69) is 19.9 Å². The van der Waals surface area contributed by atoms with Crippen molar-refractivity contribution in [3.8, 4) is 0 Å². The molecule has 0 spiro atoms. The van der Waals surface area contributed by atoms with E-state index in [1.165, 1.54) is 18.4 Å². The van der Waals surface area contributed by atoms with Gasteiger partial charge in [-0.2, -0.15) is 0 Å². The average Bonchev–Trinajstić information content (AvgIpc) is 2.93. The Morgan fingerprint density at radius 3 is 3.11 bits per heavy atom. The molecule has 1 aromatic rings. The van der Waals surface area contributed by atoms with Crippen LogP contribution in [-0.2, 0) is 9.47 Å². The Bertz CT molecular complexity index is 405. The number of esters is 1. The summed E-state index contributed by atoms with van der Waals surface area (Å²) in [6.45, 7) is 5.62. The van der Waals surface area contributed by atoms with E-state index in [1.54, 1.807) is 5.38 Å². The molecule has 0 atom stereocenters. The van der Waals surface area contributed by atoms with Crippen LogP contribution in [0, 0.1) is 0 Å². The van der Waals surface area contributed by atoms with Crippen LogP contribution in [0.1, 0.15) is 16.9 Å². The fourth-order valence-electron chi connectivity index (χ4n) is 1.88.